The first-order valence-electron chi connectivity index (χ1n) is 6.28. The molecule has 0 saturated heterocycles. The largest absolute Gasteiger partial charge is 0.301 e. The van der Waals surface area contributed by atoms with Crippen LogP contribution in [0.5, 0.6) is 0 Å². The van der Waals surface area contributed by atoms with Crippen molar-refractivity contribution in [3.63, 3.8) is 0 Å². The van der Waals surface area contributed by atoms with Crippen molar-refractivity contribution in [2.24, 2.45) is 0 Å². The minimum Gasteiger partial charge on any atom is -0.301 e. The van der Waals surface area contributed by atoms with Crippen LogP contribution in [0.2, 0.25) is 0 Å². The lowest BCUT2D eigenvalue weighted by Crippen LogP contribution is -2.27. The zero-order chi connectivity index (χ0) is 13.6. The Hall–Kier alpha value is -1.04. The second-order valence-corrected chi connectivity index (χ2v) is 6.53. The van der Waals surface area contributed by atoms with Gasteiger partial charge in [0.1, 0.15) is 0 Å². The molecule has 0 radical (unpaired) electrons. The summed E-state index contributed by atoms with van der Waals surface area (Å²) in [5, 5.41) is 1.61. The van der Waals surface area contributed by atoms with Gasteiger partial charge in [-0.15, -0.1) is 30.5 Å². The van der Waals surface area contributed by atoms with E-state index in [4.69, 9.17) is 0 Å². The van der Waals surface area contributed by atoms with Gasteiger partial charge in [-0.2, -0.15) is 0 Å². The maximum atomic E-state index is 12.6. The number of fused-ring (bicyclic) bond motifs is 3. The predicted molar refractivity (Wildman–Crippen MR) is 83.6 cm³/mol. The normalized spacial score (nSPS) is 15.7. The van der Waals surface area contributed by atoms with Gasteiger partial charge in [-0.1, -0.05) is 6.08 Å². The van der Waals surface area contributed by atoms with E-state index >= 15 is 0 Å². The summed E-state index contributed by atoms with van der Waals surface area (Å²) in [4.78, 5) is 16.2. The van der Waals surface area contributed by atoms with E-state index in [1.807, 2.05) is 6.07 Å². The first kappa shape index (κ1) is 13.0. The number of rotatable bonds is 2. The third-order valence-electron chi connectivity index (χ3n) is 3.58. The molecule has 2 aromatic rings. The van der Waals surface area contributed by atoms with Gasteiger partial charge in [0.05, 0.1) is 10.4 Å². The molecule has 0 N–H and O–H groups in total. The molecule has 0 saturated carbocycles. The van der Waals surface area contributed by atoms with Gasteiger partial charge in [0.25, 0.3) is 5.56 Å². The Labute approximate surface area is 121 Å². The average molecular weight is 292 g/mol. The summed E-state index contributed by atoms with van der Waals surface area (Å²) in [5.74, 6) is 0. The molecule has 1 aliphatic rings. The molecule has 0 bridgehead atoms. The second kappa shape index (κ2) is 4.81. The number of likely N-dealkylation sites (N-methyl/N-ethyl adjacent to an activating group) is 1. The second-order valence-electron chi connectivity index (χ2n) is 4.94. The molecule has 19 heavy (non-hydrogen) atoms. The van der Waals surface area contributed by atoms with E-state index in [9.17, 15) is 4.79 Å². The summed E-state index contributed by atoms with van der Waals surface area (Å²) >= 11 is 6.15. The van der Waals surface area contributed by atoms with Crippen molar-refractivity contribution in [3.8, 4) is 0 Å². The van der Waals surface area contributed by atoms with Crippen molar-refractivity contribution < 1.29 is 0 Å². The van der Waals surface area contributed by atoms with Gasteiger partial charge in [0, 0.05) is 29.2 Å². The number of hydrogen-bond acceptors (Lipinski definition) is 4. The summed E-state index contributed by atoms with van der Waals surface area (Å²) in [7, 11) is 2.12. The SMILES string of the molecule is C=CCn1c(S)cc2sc3c(c2c1=O)CCN(C)C3. The van der Waals surface area contributed by atoms with E-state index in [1.165, 1.54) is 10.4 Å². The highest BCUT2D eigenvalue weighted by molar-refractivity contribution is 7.80. The predicted octanol–water partition coefficient (Wildman–Crippen LogP) is 2.53. The Morgan fingerprint density at radius 1 is 1.58 bits per heavy atom. The standard InChI is InChI=1S/C14H16N2OS2/c1-3-5-16-12(18)7-10-13(14(16)17)9-4-6-15(2)8-11(9)19-10/h3,7,18H,1,4-6,8H2,2H3. The van der Waals surface area contributed by atoms with Gasteiger partial charge in [-0.3, -0.25) is 9.36 Å². The van der Waals surface area contributed by atoms with Crippen LogP contribution in [-0.4, -0.2) is 23.1 Å². The van der Waals surface area contributed by atoms with Crippen molar-refractivity contribution in [2.75, 3.05) is 13.6 Å². The van der Waals surface area contributed by atoms with Crippen molar-refractivity contribution in [2.45, 2.75) is 24.5 Å². The van der Waals surface area contributed by atoms with E-state index in [0.717, 1.165) is 29.6 Å². The van der Waals surface area contributed by atoms with Crippen molar-refractivity contribution in [1.29, 1.82) is 0 Å². The Kier molecular flexibility index (Phi) is 3.28. The number of thiol groups is 1. The lowest BCUT2D eigenvalue weighted by molar-refractivity contribution is 0.318. The molecule has 2 aromatic heterocycles. The molecule has 0 unspecified atom stereocenters. The van der Waals surface area contributed by atoms with Crippen LogP contribution in [0.1, 0.15) is 10.4 Å². The minimum absolute atomic E-state index is 0.0736. The highest BCUT2D eigenvalue weighted by atomic mass is 32.1. The Bertz CT molecular complexity index is 714. The van der Waals surface area contributed by atoms with Gasteiger partial charge < -0.3 is 4.90 Å². The highest BCUT2D eigenvalue weighted by Crippen LogP contribution is 2.33. The summed E-state index contributed by atoms with van der Waals surface area (Å²) in [6.45, 7) is 6.18. The van der Waals surface area contributed by atoms with Crippen LogP contribution in [-0.2, 0) is 19.5 Å². The Morgan fingerprint density at radius 2 is 2.37 bits per heavy atom. The van der Waals surface area contributed by atoms with E-state index in [-0.39, 0.29) is 5.56 Å². The molecular formula is C14H16N2OS2. The average Bonchev–Trinajstić information content (AvgIpc) is 2.71. The number of nitrogens with zero attached hydrogens (tertiary/aromatic N) is 2. The summed E-state index contributed by atoms with van der Waals surface area (Å²) < 4.78 is 2.75. The van der Waals surface area contributed by atoms with Crippen molar-refractivity contribution in [3.05, 3.63) is 39.5 Å². The van der Waals surface area contributed by atoms with E-state index in [1.54, 1.807) is 22.0 Å². The molecular weight excluding hydrogens is 276 g/mol. The highest BCUT2D eigenvalue weighted by Gasteiger charge is 2.21. The van der Waals surface area contributed by atoms with Crippen LogP contribution >= 0.6 is 24.0 Å². The van der Waals surface area contributed by atoms with E-state index < -0.39 is 0 Å². The minimum atomic E-state index is 0.0736. The number of aromatic nitrogens is 1. The third kappa shape index (κ3) is 2.06. The first-order valence-corrected chi connectivity index (χ1v) is 7.54. The van der Waals surface area contributed by atoms with E-state index in [2.05, 4.69) is 31.2 Å². The smallest absolute Gasteiger partial charge is 0.260 e. The van der Waals surface area contributed by atoms with Crippen LogP contribution in [0.3, 0.4) is 0 Å². The molecule has 100 valence electrons. The lowest BCUT2D eigenvalue weighted by Gasteiger charge is -2.21. The summed E-state index contributed by atoms with van der Waals surface area (Å²) in [6, 6.07) is 2.01. The Morgan fingerprint density at radius 3 is 3.11 bits per heavy atom. The number of allylic oxidation sites excluding steroid dienone is 1. The molecule has 1 aliphatic heterocycles. The first-order chi connectivity index (χ1) is 9.11. The Balaban J connectivity index is 2.30. The van der Waals surface area contributed by atoms with Gasteiger partial charge >= 0.3 is 0 Å². The van der Waals surface area contributed by atoms with Gasteiger partial charge in [0.15, 0.2) is 0 Å². The zero-order valence-electron chi connectivity index (χ0n) is 10.8. The van der Waals surface area contributed by atoms with Crippen molar-refractivity contribution >= 4 is 34.1 Å². The van der Waals surface area contributed by atoms with Crippen LogP contribution < -0.4 is 5.56 Å². The summed E-state index contributed by atoms with van der Waals surface area (Å²) in [6.07, 6.45) is 2.70. The topological polar surface area (TPSA) is 25.2 Å². The molecule has 0 amide bonds. The molecule has 5 heteroatoms. The fraction of sp³-hybridized carbons (Fsp3) is 0.357. The molecule has 0 aromatic carbocycles. The molecule has 0 spiro atoms. The zero-order valence-corrected chi connectivity index (χ0v) is 12.6. The van der Waals surface area contributed by atoms with Crippen LogP contribution in [0, 0.1) is 0 Å². The molecule has 3 nitrogen and oxygen atoms in total. The lowest BCUT2D eigenvalue weighted by atomic mass is 10.1. The monoisotopic (exact) mass is 292 g/mol. The molecule has 3 heterocycles. The van der Waals surface area contributed by atoms with Crippen LogP contribution in [0.15, 0.2) is 28.5 Å². The molecule has 0 fully saturated rings. The molecule has 3 rings (SSSR count). The third-order valence-corrected chi connectivity index (χ3v) is 5.12. The fourth-order valence-corrected chi connectivity index (χ4v) is 4.38. The van der Waals surface area contributed by atoms with Gasteiger partial charge in [-0.25, -0.2) is 0 Å². The number of hydrogen-bond donors (Lipinski definition) is 1. The van der Waals surface area contributed by atoms with Crippen molar-refractivity contribution in [1.82, 2.24) is 9.47 Å². The quantitative estimate of drug-likeness (QED) is 0.680. The van der Waals surface area contributed by atoms with Gasteiger partial charge in [0.2, 0.25) is 0 Å². The number of pyridine rings is 1. The molecule has 0 atom stereocenters. The maximum absolute atomic E-state index is 12.6. The van der Waals surface area contributed by atoms with Gasteiger partial charge in [-0.05, 0) is 25.1 Å². The maximum Gasteiger partial charge on any atom is 0.260 e. The number of thiophene rings is 1. The van der Waals surface area contributed by atoms with Crippen LogP contribution in [0.4, 0.5) is 0 Å². The summed E-state index contributed by atoms with van der Waals surface area (Å²) in [5.41, 5.74) is 1.32. The fourth-order valence-electron chi connectivity index (χ4n) is 2.63. The van der Waals surface area contributed by atoms with E-state index in [0.29, 0.717) is 11.6 Å². The molecule has 0 aliphatic carbocycles. The van der Waals surface area contributed by atoms with Crippen LogP contribution in [0.25, 0.3) is 10.1 Å².